The second-order valence-corrected chi connectivity index (χ2v) is 18.9. The molecule has 0 spiro atoms. The highest BCUT2D eigenvalue weighted by Gasteiger charge is 2.20. The van der Waals surface area contributed by atoms with Crippen LogP contribution in [-0.4, -0.2) is 47.4 Å². The summed E-state index contributed by atoms with van der Waals surface area (Å²) in [5.41, 5.74) is 0. The van der Waals surface area contributed by atoms with E-state index in [2.05, 4.69) is 55.6 Å². The fourth-order valence-electron chi connectivity index (χ4n) is 8.39. The first kappa shape index (κ1) is 61.1. The average molecular weight is 886 g/mol. The van der Waals surface area contributed by atoms with Gasteiger partial charge in [0.2, 0.25) is 5.91 Å². The number of hydrogen-bond acceptors (Lipinski definition) is 5. The van der Waals surface area contributed by atoms with Crippen LogP contribution in [0.5, 0.6) is 0 Å². The third-order valence-corrected chi connectivity index (χ3v) is 12.7. The Morgan fingerprint density at radius 3 is 1.22 bits per heavy atom. The van der Waals surface area contributed by atoms with Crippen LogP contribution in [0.3, 0.4) is 0 Å². The fraction of sp³-hybridized carbons (Fsp3) is 0.860. The van der Waals surface area contributed by atoms with Crippen LogP contribution in [0.15, 0.2) is 36.5 Å². The summed E-state index contributed by atoms with van der Waals surface area (Å²) in [6.07, 6.45) is 64.2. The average Bonchev–Trinajstić information content (AvgIpc) is 3.28. The van der Waals surface area contributed by atoms with Crippen LogP contribution >= 0.6 is 0 Å². The van der Waals surface area contributed by atoms with E-state index >= 15 is 0 Å². The molecule has 0 heterocycles. The number of aliphatic hydroxyl groups is 2. The lowest BCUT2D eigenvalue weighted by Crippen LogP contribution is -2.45. The van der Waals surface area contributed by atoms with E-state index in [4.69, 9.17) is 4.74 Å². The number of unbranched alkanes of at least 4 members (excludes halogenated alkanes) is 35. The maximum absolute atomic E-state index is 12.4. The minimum Gasteiger partial charge on any atom is -0.466 e. The van der Waals surface area contributed by atoms with E-state index in [-0.39, 0.29) is 18.5 Å². The summed E-state index contributed by atoms with van der Waals surface area (Å²) in [6.45, 7) is 4.89. The molecule has 0 aromatic carbocycles. The molecule has 0 aliphatic heterocycles. The molecule has 0 bridgehead atoms. The molecule has 2 unspecified atom stereocenters. The van der Waals surface area contributed by atoms with E-state index in [0.717, 1.165) is 70.6 Å². The number of nitrogens with one attached hydrogen (secondary N) is 1. The molecule has 370 valence electrons. The monoisotopic (exact) mass is 886 g/mol. The van der Waals surface area contributed by atoms with E-state index < -0.39 is 12.1 Å². The Morgan fingerprint density at radius 1 is 0.444 bits per heavy atom. The molecule has 0 aliphatic rings. The largest absolute Gasteiger partial charge is 0.466 e. The molecule has 63 heavy (non-hydrogen) atoms. The smallest absolute Gasteiger partial charge is 0.305 e. The second kappa shape index (κ2) is 52.7. The van der Waals surface area contributed by atoms with Gasteiger partial charge in [-0.1, -0.05) is 230 Å². The zero-order valence-electron chi connectivity index (χ0n) is 42.1. The Kier molecular flexibility index (Phi) is 51.1. The summed E-state index contributed by atoms with van der Waals surface area (Å²) in [5, 5.41) is 23.1. The predicted molar refractivity (Wildman–Crippen MR) is 273 cm³/mol. The van der Waals surface area contributed by atoms with Gasteiger partial charge in [-0.25, -0.2) is 0 Å². The first-order chi connectivity index (χ1) is 31.0. The summed E-state index contributed by atoms with van der Waals surface area (Å²) in [4.78, 5) is 24.5. The lowest BCUT2D eigenvalue weighted by Gasteiger charge is -2.22. The predicted octanol–water partition coefficient (Wildman–Crippen LogP) is 16.9. The second-order valence-electron chi connectivity index (χ2n) is 18.9. The maximum atomic E-state index is 12.4. The molecule has 6 heteroatoms. The van der Waals surface area contributed by atoms with Crippen LogP contribution in [0, 0.1) is 0 Å². The summed E-state index contributed by atoms with van der Waals surface area (Å²) in [6, 6.07) is -0.548. The van der Waals surface area contributed by atoms with Gasteiger partial charge in [-0.15, -0.1) is 0 Å². The van der Waals surface area contributed by atoms with Gasteiger partial charge in [-0.05, 0) is 83.5 Å². The number of ether oxygens (including phenoxy) is 1. The van der Waals surface area contributed by atoms with Crippen molar-refractivity contribution >= 4 is 11.9 Å². The van der Waals surface area contributed by atoms with Crippen molar-refractivity contribution in [3.05, 3.63) is 36.5 Å². The molecule has 0 aromatic rings. The van der Waals surface area contributed by atoms with Crippen LogP contribution in [0.25, 0.3) is 0 Å². The van der Waals surface area contributed by atoms with E-state index in [1.54, 1.807) is 0 Å². The molecule has 0 saturated heterocycles. The van der Waals surface area contributed by atoms with Gasteiger partial charge in [0, 0.05) is 12.8 Å². The number of esters is 1. The van der Waals surface area contributed by atoms with Crippen molar-refractivity contribution in [2.75, 3.05) is 13.2 Å². The van der Waals surface area contributed by atoms with Gasteiger partial charge in [-0.3, -0.25) is 9.59 Å². The minimum absolute atomic E-state index is 0.0171. The standard InChI is InChI=1S/C57H107NO5/c1-3-5-7-9-11-13-15-16-17-21-25-28-31-35-39-43-47-51-57(62)63-52-48-44-40-36-32-29-26-23-20-18-19-22-24-27-30-34-38-42-46-50-56(61)58-54(53-59)55(60)49-45-41-37-33-14-12-10-8-6-4-2/h16-17,23,26,29,32,54-55,59-60H,3-15,18-22,24-25,27-28,30-31,33-53H2,1-2H3,(H,58,61)/b17-16-,26-23-,32-29-. The highest BCUT2D eigenvalue weighted by atomic mass is 16.5. The van der Waals surface area contributed by atoms with E-state index in [9.17, 15) is 19.8 Å². The van der Waals surface area contributed by atoms with E-state index in [0.29, 0.717) is 25.9 Å². The number of hydrogen-bond donors (Lipinski definition) is 3. The SMILES string of the molecule is CCCCCCCC/C=C\CCCCCCCCCC(=O)OCCCCC/C=C\C=C/CCCCCCCCCCCCC(=O)NC(CO)C(O)CCCCCCCCCCCC. The highest BCUT2D eigenvalue weighted by Crippen LogP contribution is 2.16. The summed E-state index contributed by atoms with van der Waals surface area (Å²) in [5.74, 6) is -0.0642. The Hall–Kier alpha value is -1.92. The van der Waals surface area contributed by atoms with Gasteiger partial charge in [-0.2, -0.15) is 0 Å². The zero-order valence-corrected chi connectivity index (χ0v) is 42.1. The number of rotatable bonds is 51. The van der Waals surface area contributed by atoms with Gasteiger partial charge in [0.1, 0.15) is 0 Å². The van der Waals surface area contributed by atoms with Gasteiger partial charge < -0.3 is 20.3 Å². The van der Waals surface area contributed by atoms with Crippen LogP contribution in [-0.2, 0) is 14.3 Å². The number of aliphatic hydroxyl groups excluding tert-OH is 2. The number of amides is 1. The van der Waals surface area contributed by atoms with Crippen molar-refractivity contribution in [3.63, 3.8) is 0 Å². The Bertz CT molecular complexity index is 1020. The Morgan fingerprint density at radius 2 is 0.794 bits per heavy atom. The van der Waals surface area contributed by atoms with Gasteiger partial charge >= 0.3 is 5.97 Å². The Labute approximate surface area is 392 Å². The van der Waals surface area contributed by atoms with Crippen molar-refractivity contribution < 1.29 is 24.5 Å². The first-order valence-electron chi connectivity index (χ1n) is 27.8. The molecule has 0 aromatic heterocycles. The topological polar surface area (TPSA) is 95.9 Å². The quantitative estimate of drug-likeness (QED) is 0.0245. The molecule has 1 amide bonds. The van der Waals surface area contributed by atoms with Crippen molar-refractivity contribution in [1.29, 1.82) is 0 Å². The molecule has 2 atom stereocenters. The fourth-order valence-corrected chi connectivity index (χ4v) is 8.39. The van der Waals surface area contributed by atoms with Gasteiger partial charge in [0.25, 0.3) is 0 Å². The normalized spacial score (nSPS) is 12.9. The lowest BCUT2D eigenvalue weighted by molar-refractivity contribution is -0.143. The molecular weight excluding hydrogens is 779 g/mol. The van der Waals surface area contributed by atoms with Crippen LogP contribution < -0.4 is 5.32 Å². The van der Waals surface area contributed by atoms with Crippen LogP contribution in [0.1, 0.15) is 290 Å². The van der Waals surface area contributed by atoms with Gasteiger partial charge in [0.15, 0.2) is 0 Å². The molecule has 0 aliphatic carbocycles. The Balaban J connectivity index is 3.46. The number of carbonyl (C=O) groups is 2. The molecule has 0 radical (unpaired) electrons. The third kappa shape index (κ3) is 49.4. The first-order valence-corrected chi connectivity index (χ1v) is 27.8. The third-order valence-electron chi connectivity index (χ3n) is 12.7. The molecular formula is C57H107NO5. The number of carbonyl (C=O) groups excluding carboxylic acids is 2. The van der Waals surface area contributed by atoms with Crippen molar-refractivity contribution in [2.45, 2.75) is 302 Å². The van der Waals surface area contributed by atoms with Crippen molar-refractivity contribution in [2.24, 2.45) is 0 Å². The summed E-state index contributed by atoms with van der Waals surface area (Å²) < 4.78 is 5.46. The molecule has 0 saturated carbocycles. The summed E-state index contributed by atoms with van der Waals surface area (Å²) >= 11 is 0. The van der Waals surface area contributed by atoms with Crippen LogP contribution in [0.2, 0.25) is 0 Å². The zero-order chi connectivity index (χ0) is 45.8. The number of allylic oxidation sites excluding steroid dienone is 6. The molecule has 0 rings (SSSR count). The van der Waals surface area contributed by atoms with E-state index in [1.165, 1.54) is 186 Å². The van der Waals surface area contributed by atoms with E-state index in [1.807, 2.05) is 0 Å². The molecule has 0 fully saturated rings. The molecule has 3 N–H and O–H groups in total. The lowest BCUT2D eigenvalue weighted by atomic mass is 10.0. The van der Waals surface area contributed by atoms with Crippen molar-refractivity contribution in [3.8, 4) is 0 Å². The van der Waals surface area contributed by atoms with Gasteiger partial charge in [0.05, 0.1) is 25.4 Å². The van der Waals surface area contributed by atoms with Crippen LogP contribution in [0.4, 0.5) is 0 Å². The minimum atomic E-state index is -0.669. The highest BCUT2D eigenvalue weighted by molar-refractivity contribution is 5.76. The maximum Gasteiger partial charge on any atom is 0.305 e. The van der Waals surface area contributed by atoms with Crippen molar-refractivity contribution in [1.82, 2.24) is 5.32 Å². The molecule has 6 nitrogen and oxygen atoms in total. The summed E-state index contributed by atoms with van der Waals surface area (Å²) in [7, 11) is 0.